The summed E-state index contributed by atoms with van der Waals surface area (Å²) in [5, 5.41) is 5.68. The highest BCUT2D eigenvalue weighted by Gasteiger charge is 2.47. The largest absolute Gasteiger partial charge is 0.408 e. The topological polar surface area (TPSA) is 74.3 Å². The lowest BCUT2D eigenvalue weighted by Gasteiger charge is -2.40. The number of rotatable bonds is 4. The van der Waals surface area contributed by atoms with Crippen LogP contribution in [0.1, 0.15) is 37.0 Å². The minimum absolute atomic E-state index is 0.0424. The Balaban J connectivity index is 2.01. The number of hydrogen-bond donors (Lipinski definition) is 2. The summed E-state index contributed by atoms with van der Waals surface area (Å²) in [6, 6.07) is 1.12. The number of anilines is 1. The van der Waals surface area contributed by atoms with E-state index < -0.39 is 18.1 Å². The van der Waals surface area contributed by atoms with Crippen LogP contribution in [0.4, 0.5) is 19.0 Å². The fourth-order valence-electron chi connectivity index (χ4n) is 2.86. The minimum atomic E-state index is -4.43. The first-order valence-corrected chi connectivity index (χ1v) is 8.07. The number of alkyl halides is 3. The van der Waals surface area contributed by atoms with Crippen molar-refractivity contribution in [3.8, 4) is 0 Å². The number of nitrogens with zero attached hydrogens (tertiary/aromatic N) is 2. The van der Waals surface area contributed by atoms with Gasteiger partial charge in [-0.05, 0) is 31.9 Å². The Morgan fingerprint density at radius 2 is 2.04 bits per heavy atom. The summed E-state index contributed by atoms with van der Waals surface area (Å²) in [4.78, 5) is 28.2. The van der Waals surface area contributed by atoms with Crippen LogP contribution in [0, 0.1) is 0 Å². The standard InChI is InChI=1S/C16H21F3N4O2/c1-3-20-15(25)11-4-7-14(21-8-11)22-12-5-6-13(16(17,18)19)23(9-12)10(2)24/h4,7-8,12-13H,3,5-6,9H2,1-2H3,(H,20,25)(H,21,22). The Hall–Kier alpha value is -2.32. The molecule has 25 heavy (non-hydrogen) atoms. The van der Waals surface area contributed by atoms with Gasteiger partial charge >= 0.3 is 6.18 Å². The molecule has 2 atom stereocenters. The molecule has 0 bridgehead atoms. The molecule has 6 nitrogen and oxygen atoms in total. The predicted molar refractivity (Wildman–Crippen MR) is 86.1 cm³/mol. The minimum Gasteiger partial charge on any atom is -0.366 e. The molecule has 2 unspecified atom stereocenters. The average molecular weight is 358 g/mol. The molecule has 1 aromatic heterocycles. The molecule has 9 heteroatoms. The van der Waals surface area contributed by atoms with Gasteiger partial charge in [0, 0.05) is 32.3 Å². The van der Waals surface area contributed by atoms with Gasteiger partial charge < -0.3 is 15.5 Å². The predicted octanol–water partition coefficient (Wildman–Crippen LogP) is 2.19. The van der Waals surface area contributed by atoms with Crippen molar-refractivity contribution in [1.29, 1.82) is 0 Å². The van der Waals surface area contributed by atoms with E-state index in [1.165, 1.54) is 6.20 Å². The number of carbonyl (C=O) groups is 2. The maximum absolute atomic E-state index is 13.0. The third-order valence-electron chi connectivity index (χ3n) is 4.08. The molecule has 1 aromatic rings. The number of halogens is 3. The van der Waals surface area contributed by atoms with E-state index in [9.17, 15) is 22.8 Å². The van der Waals surface area contributed by atoms with E-state index in [0.717, 1.165) is 11.8 Å². The van der Waals surface area contributed by atoms with Gasteiger partial charge in [-0.1, -0.05) is 0 Å². The number of nitrogens with one attached hydrogen (secondary N) is 2. The summed E-state index contributed by atoms with van der Waals surface area (Å²) < 4.78 is 39.1. The van der Waals surface area contributed by atoms with Crippen LogP contribution in [0.15, 0.2) is 18.3 Å². The van der Waals surface area contributed by atoms with E-state index in [4.69, 9.17) is 0 Å². The molecule has 0 aromatic carbocycles. The van der Waals surface area contributed by atoms with Crippen LogP contribution in [0.2, 0.25) is 0 Å². The van der Waals surface area contributed by atoms with E-state index in [0.29, 0.717) is 17.9 Å². The van der Waals surface area contributed by atoms with E-state index in [1.807, 2.05) is 0 Å². The fraction of sp³-hybridized carbons (Fsp3) is 0.562. The summed E-state index contributed by atoms with van der Waals surface area (Å²) >= 11 is 0. The van der Waals surface area contributed by atoms with Crippen LogP contribution in [-0.4, -0.2) is 53.0 Å². The molecule has 1 aliphatic heterocycles. The number of hydrogen-bond acceptors (Lipinski definition) is 4. The molecule has 0 radical (unpaired) electrons. The third-order valence-corrected chi connectivity index (χ3v) is 4.08. The van der Waals surface area contributed by atoms with Crippen molar-refractivity contribution in [2.75, 3.05) is 18.4 Å². The molecule has 1 saturated heterocycles. The van der Waals surface area contributed by atoms with E-state index in [2.05, 4.69) is 15.6 Å². The zero-order valence-corrected chi connectivity index (χ0v) is 14.1. The van der Waals surface area contributed by atoms with Crippen LogP contribution in [0.3, 0.4) is 0 Å². The molecule has 2 amide bonds. The molecule has 2 rings (SSSR count). The summed E-state index contributed by atoms with van der Waals surface area (Å²) in [5.41, 5.74) is 0.401. The second-order valence-electron chi connectivity index (χ2n) is 5.94. The van der Waals surface area contributed by atoms with Crippen molar-refractivity contribution in [3.63, 3.8) is 0 Å². The van der Waals surface area contributed by atoms with E-state index in [-0.39, 0.29) is 31.3 Å². The summed E-state index contributed by atoms with van der Waals surface area (Å²) in [6.45, 7) is 3.40. The van der Waals surface area contributed by atoms with E-state index >= 15 is 0 Å². The molecule has 0 saturated carbocycles. The lowest BCUT2D eigenvalue weighted by Crippen LogP contribution is -2.55. The molecule has 2 N–H and O–H groups in total. The summed E-state index contributed by atoms with van der Waals surface area (Å²) in [7, 11) is 0. The smallest absolute Gasteiger partial charge is 0.366 e. The van der Waals surface area contributed by atoms with Gasteiger partial charge in [-0.2, -0.15) is 13.2 Å². The Bertz CT molecular complexity index is 619. The number of amides is 2. The monoisotopic (exact) mass is 358 g/mol. The second-order valence-corrected chi connectivity index (χ2v) is 5.94. The van der Waals surface area contributed by atoms with Gasteiger partial charge in [0.1, 0.15) is 11.9 Å². The summed E-state index contributed by atoms with van der Waals surface area (Å²) in [5.74, 6) is -0.393. The van der Waals surface area contributed by atoms with E-state index in [1.54, 1.807) is 19.1 Å². The van der Waals surface area contributed by atoms with Gasteiger partial charge in [-0.3, -0.25) is 9.59 Å². The maximum Gasteiger partial charge on any atom is 0.408 e. The average Bonchev–Trinajstić information content (AvgIpc) is 2.54. The highest BCUT2D eigenvalue weighted by atomic mass is 19.4. The van der Waals surface area contributed by atoms with Gasteiger partial charge in [-0.15, -0.1) is 0 Å². The first-order valence-electron chi connectivity index (χ1n) is 8.07. The van der Waals surface area contributed by atoms with Crippen molar-refractivity contribution < 1.29 is 22.8 Å². The van der Waals surface area contributed by atoms with Crippen LogP contribution >= 0.6 is 0 Å². The van der Waals surface area contributed by atoms with Crippen molar-refractivity contribution in [2.24, 2.45) is 0 Å². The molecule has 2 heterocycles. The Morgan fingerprint density at radius 3 is 2.56 bits per heavy atom. The van der Waals surface area contributed by atoms with Crippen LogP contribution < -0.4 is 10.6 Å². The Kier molecular flexibility index (Phi) is 5.86. The maximum atomic E-state index is 13.0. The van der Waals surface area contributed by atoms with Crippen molar-refractivity contribution >= 4 is 17.6 Å². The normalized spacial score (nSPS) is 20.9. The molecule has 0 spiro atoms. The SMILES string of the molecule is CCNC(=O)c1ccc(NC2CCC(C(F)(F)F)N(C(C)=O)C2)nc1. The lowest BCUT2D eigenvalue weighted by atomic mass is 9.97. The molecule has 138 valence electrons. The Morgan fingerprint density at radius 1 is 1.32 bits per heavy atom. The third kappa shape index (κ3) is 4.83. The molecular weight excluding hydrogens is 337 g/mol. The highest BCUT2D eigenvalue weighted by Crippen LogP contribution is 2.32. The second kappa shape index (κ2) is 7.71. The van der Waals surface area contributed by atoms with Crippen molar-refractivity contribution in [3.05, 3.63) is 23.9 Å². The molecule has 1 aliphatic rings. The highest BCUT2D eigenvalue weighted by molar-refractivity contribution is 5.93. The van der Waals surface area contributed by atoms with Gasteiger partial charge in [0.25, 0.3) is 5.91 Å². The zero-order chi connectivity index (χ0) is 18.6. The zero-order valence-electron chi connectivity index (χ0n) is 14.1. The Labute approximate surface area is 143 Å². The number of piperidine rings is 1. The van der Waals surface area contributed by atoms with Gasteiger partial charge in [-0.25, -0.2) is 4.98 Å². The fourth-order valence-corrected chi connectivity index (χ4v) is 2.86. The number of likely N-dealkylation sites (tertiary alicyclic amines) is 1. The van der Waals surface area contributed by atoms with Gasteiger partial charge in [0.15, 0.2) is 0 Å². The number of carbonyl (C=O) groups excluding carboxylic acids is 2. The summed E-state index contributed by atoms with van der Waals surface area (Å²) in [6.07, 6.45) is -2.91. The number of pyridine rings is 1. The molecular formula is C16H21F3N4O2. The van der Waals surface area contributed by atoms with Crippen LogP contribution in [0.5, 0.6) is 0 Å². The van der Waals surface area contributed by atoms with Gasteiger partial charge in [0.05, 0.1) is 5.56 Å². The van der Waals surface area contributed by atoms with Gasteiger partial charge in [0.2, 0.25) is 5.91 Å². The van der Waals surface area contributed by atoms with Crippen molar-refractivity contribution in [1.82, 2.24) is 15.2 Å². The van der Waals surface area contributed by atoms with Crippen molar-refractivity contribution in [2.45, 2.75) is 44.9 Å². The quantitative estimate of drug-likeness (QED) is 0.865. The first-order chi connectivity index (χ1) is 11.7. The number of aromatic nitrogens is 1. The molecule has 1 fully saturated rings. The lowest BCUT2D eigenvalue weighted by molar-refractivity contribution is -0.195. The molecule has 0 aliphatic carbocycles. The van der Waals surface area contributed by atoms with Crippen LogP contribution in [0.25, 0.3) is 0 Å². The van der Waals surface area contributed by atoms with Crippen LogP contribution in [-0.2, 0) is 4.79 Å². The first kappa shape index (κ1) is 19.0.